The lowest BCUT2D eigenvalue weighted by atomic mass is 9.87. The third-order valence-electron chi connectivity index (χ3n) is 3.26. The molecule has 0 bridgehead atoms. The van der Waals surface area contributed by atoms with E-state index in [0.29, 0.717) is 12.6 Å². The first-order valence-electron chi connectivity index (χ1n) is 6.67. The number of nitrogens with one attached hydrogen (secondary N) is 2. The summed E-state index contributed by atoms with van der Waals surface area (Å²) in [6.07, 6.45) is 1.52. The second-order valence-electron chi connectivity index (χ2n) is 4.97. The van der Waals surface area contributed by atoms with Crippen LogP contribution in [0.3, 0.4) is 0 Å². The molecular formula is C15H19BrN2O2. The summed E-state index contributed by atoms with van der Waals surface area (Å²) in [5.41, 5.74) is 0.992. The first-order chi connectivity index (χ1) is 9.63. The van der Waals surface area contributed by atoms with Gasteiger partial charge in [-0.15, -0.1) is 0 Å². The Morgan fingerprint density at radius 3 is 2.65 bits per heavy atom. The zero-order valence-corrected chi connectivity index (χ0v) is 12.9. The third kappa shape index (κ3) is 4.98. The van der Waals surface area contributed by atoms with E-state index in [0.717, 1.165) is 29.4 Å². The highest BCUT2D eigenvalue weighted by molar-refractivity contribution is 9.11. The molecule has 0 unspecified atom stereocenters. The Morgan fingerprint density at radius 2 is 2.00 bits per heavy atom. The van der Waals surface area contributed by atoms with E-state index in [4.69, 9.17) is 4.74 Å². The van der Waals surface area contributed by atoms with Crippen LogP contribution in [0.1, 0.15) is 18.4 Å². The second-order valence-corrected chi connectivity index (χ2v) is 6.09. The van der Waals surface area contributed by atoms with Gasteiger partial charge in [0.25, 0.3) is 0 Å². The minimum Gasteiger partial charge on any atom is -0.445 e. The molecule has 1 saturated carbocycles. The van der Waals surface area contributed by atoms with Crippen LogP contribution in [0.5, 0.6) is 0 Å². The van der Waals surface area contributed by atoms with Crippen molar-refractivity contribution in [2.24, 2.45) is 0 Å². The largest absolute Gasteiger partial charge is 0.445 e. The predicted molar refractivity (Wildman–Crippen MR) is 82.6 cm³/mol. The highest BCUT2D eigenvalue weighted by Gasteiger charge is 2.30. The molecule has 20 heavy (non-hydrogen) atoms. The van der Waals surface area contributed by atoms with Crippen molar-refractivity contribution in [2.45, 2.75) is 31.5 Å². The number of hydrogen-bond acceptors (Lipinski definition) is 3. The molecule has 5 heteroatoms. The summed E-state index contributed by atoms with van der Waals surface area (Å²) in [5.74, 6) is 0. The maximum atomic E-state index is 11.6. The predicted octanol–water partition coefficient (Wildman–Crippen LogP) is 2.94. The van der Waals surface area contributed by atoms with Gasteiger partial charge in [0.1, 0.15) is 6.61 Å². The first-order valence-corrected chi connectivity index (χ1v) is 7.46. The van der Waals surface area contributed by atoms with Gasteiger partial charge < -0.3 is 15.4 Å². The molecule has 0 heterocycles. The van der Waals surface area contributed by atoms with E-state index >= 15 is 0 Å². The molecule has 0 aromatic heterocycles. The molecule has 1 aromatic carbocycles. The van der Waals surface area contributed by atoms with Crippen LogP contribution >= 0.6 is 15.9 Å². The number of rotatable bonds is 6. The van der Waals surface area contributed by atoms with Crippen LogP contribution in [0.4, 0.5) is 4.79 Å². The van der Waals surface area contributed by atoms with Crippen LogP contribution in [0.25, 0.3) is 0 Å². The Bertz CT molecular complexity index is 458. The zero-order chi connectivity index (χ0) is 14.4. The standard InChI is InChI=1S/C15H19BrN2O2/c1-11(16)9-17-13-7-14(8-13)18-15(19)20-10-12-5-3-2-4-6-12/h2-6,13-14,17H,1,7-10H2,(H,18,19). The van der Waals surface area contributed by atoms with E-state index in [-0.39, 0.29) is 12.1 Å². The highest BCUT2D eigenvalue weighted by Crippen LogP contribution is 2.20. The molecule has 1 aromatic rings. The zero-order valence-electron chi connectivity index (χ0n) is 11.3. The van der Waals surface area contributed by atoms with Gasteiger partial charge >= 0.3 is 6.09 Å². The number of hydrogen-bond donors (Lipinski definition) is 2. The fraction of sp³-hybridized carbons (Fsp3) is 0.400. The van der Waals surface area contributed by atoms with Crippen LogP contribution in [-0.4, -0.2) is 24.7 Å². The van der Waals surface area contributed by atoms with Gasteiger partial charge in [-0.05, 0) is 18.4 Å². The smallest absolute Gasteiger partial charge is 0.407 e. The second kappa shape index (κ2) is 7.45. The minimum absolute atomic E-state index is 0.208. The molecule has 1 aliphatic carbocycles. The van der Waals surface area contributed by atoms with Crippen molar-refractivity contribution in [3.8, 4) is 0 Å². The molecule has 0 radical (unpaired) electrons. The van der Waals surface area contributed by atoms with Crippen molar-refractivity contribution in [1.82, 2.24) is 10.6 Å². The topological polar surface area (TPSA) is 50.4 Å². The molecule has 1 aliphatic rings. The SMILES string of the molecule is C=C(Br)CNC1CC(NC(=O)OCc2ccccc2)C1. The molecule has 0 atom stereocenters. The molecule has 1 amide bonds. The Labute approximate surface area is 127 Å². The van der Waals surface area contributed by atoms with Crippen molar-refractivity contribution < 1.29 is 9.53 Å². The fourth-order valence-corrected chi connectivity index (χ4v) is 2.25. The Morgan fingerprint density at radius 1 is 1.30 bits per heavy atom. The molecule has 2 rings (SSSR count). The number of amides is 1. The molecule has 0 spiro atoms. The van der Waals surface area contributed by atoms with Gasteiger partial charge in [-0.2, -0.15) is 0 Å². The van der Waals surface area contributed by atoms with Crippen molar-refractivity contribution in [3.05, 3.63) is 47.0 Å². The van der Waals surface area contributed by atoms with Crippen molar-refractivity contribution in [2.75, 3.05) is 6.54 Å². The third-order valence-corrected chi connectivity index (χ3v) is 3.54. The van der Waals surface area contributed by atoms with Gasteiger partial charge in [-0.3, -0.25) is 0 Å². The maximum absolute atomic E-state index is 11.6. The fourth-order valence-electron chi connectivity index (χ4n) is 2.09. The highest BCUT2D eigenvalue weighted by atomic mass is 79.9. The van der Waals surface area contributed by atoms with Crippen LogP contribution in [-0.2, 0) is 11.3 Å². The summed E-state index contributed by atoms with van der Waals surface area (Å²) in [6.45, 7) is 4.84. The van der Waals surface area contributed by atoms with Gasteiger partial charge in [-0.25, -0.2) is 4.79 Å². The lowest BCUT2D eigenvalue weighted by Gasteiger charge is -2.36. The molecule has 0 saturated heterocycles. The van der Waals surface area contributed by atoms with Crippen molar-refractivity contribution in [3.63, 3.8) is 0 Å². The van der Waals surface area contributed by atoms with Crippen LogP contribution < -0.4 is 10.6 Å². The summed E-state index contributed by atoms with van der Waals surface area (Å²) in [5, 5.41) is 6.21. The number of carbonyl (C=O) groups excluding carboxylic acids is 1. The normalized spacial score (nSPS) is 20.9. The average molecular weight is 339 g/mol. The lowest BCUT2D eigenvalue weighted by Crippen LogP contribution is -2.52. The summed E-state index contributed by atoms with van der Waals surface area (Å²) >= 11 is 3.31. The average Bonchev–Trinajstić information content (AvgIpc) is 2.39. The van der Waals surface area contributed by atoms with Crippen LogP contribution in [0, 0.1) is 0 Å². The quantitative estimate of drug-likeness (QED) is 0.838. The molecular weight excluding hydrogens is 320 g/mol. The number of halogens is 1. The Hall–Kier alpha value is -1.33. The van der Waals surface area contributed by atoms with Crippen molar-refractivity contribution >= 4 is 22.0 Å². The van der Waals surface area contributed by atoms with E-state index in [1.807, 2.05) is 30.3 Å². The van der Waals surface area contributed by atoms with Crippen LogP contribution in [0.15, 0.2) is 41.4 Å². The van der Waals surface area contributed by atoms with Crippen molar-refractivity contribution in [1.29, 1.82) is 0 Å². The van der Waals surface area contributed by atoms with Gasteiger partial charge in [0.2, 0.25) is 0 Å². The molecule has 2 N–H and O–H groups in total. The summed E-state index contributed by atoms with van der Waals surface area (Å²) in [4.78, 5) is 11.6. The van der Waals surface area contributed by atoms with Gasteiger partial charge in [0, 0.05) is 23.1 Å². The minimum atomic E-state index is -0.345. The lowest BCUT2D eigenvalue weighted by molar-refractivity contribution is 0.126. The molecule has 4 nitrogen and oxygen atoms in total. The summed E-state index contributed by atoms with van der Waals surface area (Å²) in [7, 11) is 0. The van der Waals surface area contributed by atoms with Gasteiger partial charge in [-0.1, -0.05) is 52.8 Å². The first kappa shape index (κ1) is 15.1. The number of alkyl carbamates (subject to hydrolysis) is 1. The van der Waals surface area contributed by atoms with Gasteiger partial charge in [0.05, 0.1) is 0 Å². The summed E-state index contributed by atoms with van der Waals surface area (Å²) < 4.78 is 6.12. The summed E-state index contributed by atoms with van der Waals surface area (Å²) in [6, 6.07) is 10.3. The number of ether oxygens (including phenoxy) is 1. The number of benzene rings is 1. The Kier molecular flexibility index (Phi) is 5.61. The van der Waals surface area contributed by atoms with E-state index in [9.17, 15) is 4.79 Å². The van der Waals surface area contributed by atoms with E-state index < -0.39 is 0 Å². The molecule has 108 valence electrons. The monoisotopic (exact) mass is 338 g/mol. The maximum Gasteiger partial charge on any atom is 0.407 e. The Balaban J connectivity index is 1.59. The van der Waals surface area contributed by atoms with E-state index in [2.05, 4.69) is 33.1 Å². The molecule has 0 aliphatic heterocycles. The molecule has 1 fully saturated rings. The van der Waals surface area contributed by atoms with E-state index in [1.54, 1.807) is 0 Å². The van der Waals surface area contributed by atoms with Crippen LogP contribution in [0.2, 0.25) is 0 Å². The number of carbonyl (C=O) groups is 1. The van der Waals surface area contributed by atoms with E-state index in [1.165, 1.54) is 0 Å². The van der Waals surface area contributed by atoms with Gasteiger partial charge in [0.15, 0.2) is 0 Å².